The average molecular weight is 432 g/mol. The number of hydrogen-bond acceptors (Lipinski definition) is 3. The normalized spacial score (nSPS) is 18.5. The zero-order valence-electron chi connectivity index (χ0n) is 18.8. The Morgan fingerprint density at radius 1 is 0.935 bits per heavy atom. The monoisotopic (exact) mass is 431 g/mol. The molecule has 0 radical (unpaired) electrons. The second-order valence-corrected chi connectivity index (χ2v) is 9.97. The standard InChI is InChI=1S/C26H35F2NO2/c1-25(2,3)19-8-7-9-20(15-19)26(10-5-4-6-11-26)29-17-24(31)23(30)14-18-12-21(27)16-22(28)13-18/h7-9,12-13,15-16,23-24,29-31H,4-6,10-11,14,17H2,1-3H3. The molecule has 1 aliphatic carbocycles. The van der Waals surface area contributed by atoms with Gasteiger partial charge in [-0.25, -0.2) is 8.78 Å². The molecule has 2 aromatic carbocycles. The third-order valence-electron chi connectivity index (χ3n) is 6.45. The van der Waals surface area contributed by atoms with Crippen LogP contribution in [0.25, 0.3) is 0 Å². The number of hydrogen-bond donors (Lipinski definition) is 3. The summed E-state index contributed by atoms with van der Waals surface area (Å²) in [5.41, 5.74) is 2.61. The molecule has 1 fully saturated rings. The third-order valence-corrected chi connectivity index (χ3v) is 6.45. The molecular formula is C26H35F2NO2. The van der Waals surface area contributed by atoms with Crippen LogP contribution in [0.4, 0.5) is 8.78 Å². The molecule has 31 heavy (non-hydrogen) atoms. The summed E-state index contributed by atoms with van der Waals surface area (Å²) in [5, 5.41) is 24.6. The molecule has 0 bridgehead atoms. The van der Waals surface area contributed by atoms with Crippen LogP contribution in [-0.4, -0.2) is 29.0 Å². The molecule has 0 aromatic heterocycles. The Kier molecular flexibility index (Phi) is 7.51. The lowest BCUT2D eigenvalue weighted by molar-refractivity contribution is 0.0134. The molecule has 5 heteroatoms. The number of halogens is 2. The van der Waals surface area contributed by atoms with Crippen molar-refractivity contribution in [2.75, 3.05) is 6.54 Å². The molecule has 2 unspecified atom stereocenters. The molecule has 3 rings (SSSR count). The number of aliphatic hydroxyl groups excluding tert-OH is 2. The predicted octanol–water partition coefficient (Wildman–Crippen LogP) is 4.98. The minimum atomic E-state index is -1.12. The van der Waals surface area contributed by atoms with Crippen molar-refractivity contribution < 1.29 is 19.0 Å². The number of rotatable bonds is 7. The Hall–Kier alpha value is -1.82. The van der Waals surface area contributed by atoms with E-state index in [9.17, 15) is 19.0 Å². The van der Waals surface area contributed by atoms with Crippen molar-refractivity contribution >= 4 is 0 Å². The Balaban J connectivity index is 1.72. The van der Waals surface area contributed by atoms with E-state index in [1.807, 2.05) is 0 Å². The van der Waals surface area contributed by atoms with Gasteiger partial charge in [-0.15, -0.1) is 0 Å². The van der Waals surface area contributed by atoms with Crippen molar-refractivity contribution in [3.63, 3.8) is 0 Å². The molecule has 0 amide bonds. The van der Waals surface area contributed by atoms with Crippen molar-refractivity contribution in [3.05, 3.63) is 70.8 Å². The summed E-state index contributed by atoms with van der Waals surface area (Å²) in [6, 6.07) is 11.8. The predicted molar refractivity (Wildman–Crippen MR) is 120 cm³/mol. The van der Waals surface area contributed by atoms with Gasteiger partial charge in [-0.05, 0) is 47.1 Å². The van der Waals surface area contributed by atoms with Gasteiger partial charge in [0.25, 0.3) is 0 Å². The Bertz CT molecular complexity index is 852. The molecule has 2 aromatic rings. The van der Waals surface area contributed by atoms with Gasteiger partial charge in [0.1, 0.15) is 11.6 Å². The van der Waals surface area contributed by atoms with Gasteiger partial charge in [0.2, 0.25) is 0 Å². The van der Waals surface area contributed by atoms with Gasteiger partial charge in [-0.3, -0.25) is 0 Å². The minimum Gasteiger partial charge on any atom is -0.390 e. The highest BCUT2D eigenvalue weighted by molar-refractivity contribution is 5.33. The fourth-order valence-electron chi connectivity index (χ4n) is 4.55. The largest absolute Gasteiger partial charge is 0.390 e. The Labute approximate surface area is 184 Å². The zero-order valence-corrected chi connectivity index (χ0v) is 18.8. The van der Waals surface area contributed by atoms with Crippen LogP contribution in [-0.2, 0) is 17.4 Å². The zero-order chi connectivity index (χ0) is 22.6. The molecule has 1 aliphatic rings. The molecular weight excluding hydrogens is 396 g/mol. The van der Waals surface area contributed by atoms with Crippen LogP contribution in [0, 0.1) is 11.6 Å². The van der Waals surface area contributed by atoms with Crippen molar-refractivity contribution in [2.45, 2.75) is 82.5 Å². The van der Waals surface area contributed by atoms with Crippen LogP contribution in [0.5, 0.6) is 0 Å². The summed E-state index contributed by atoms with van der Waals surface area (Å²) in [5.74, 6) is -1.37. The van der Waals surface area contributed by atoms with Crippen molar-refractivity contribution in [3.8, 4) is 0 Å². The van der Waals surface area contributed by atoms with Crippen molar-refractivity contribution in [1.29, 1.82) is 0 Å². The lowest BCUT2D eigenvalue weighted by Gasteiger charge is -2.40. The highest BCUT2D eigenvalue weighted by Gasteiger charge is 2.35. The maximum absolute atomic E-state index is 13.4. The first-order valence-corrected chi connectivity index (χ1v) is 11.3. The second-order valence-electron chi connectivity index (χ2n) is 9.97. The highest BCUT2D eigenvalue weighted by atomic mass is 19.1. The lowest BCUT2D eigenvalue weighted by Crippen LogP contribution is -2.49. The Morgan fingerprint density at radius 2 is 1.58 bits per heavy atom. The smallest absolute Gasteiger partial charge is 0.126 e. The van der Waals surface area contributed by atoms with Crippen LogP contribution in [0.3, 0.4) is 0 Å². The van der Waals surface area contributed by atoms with Gasteiger partial charge in [-0.2, -0.15) is 0 Å². The van der Waals surface area contributed by atoms with Gasteiger partial charge in [0.15, 0.2) is 0 Å². The quantitative estimate of drug-likeness (QED) is 0.580. The molecule has 0 heterocycles. The third kappa shape index (κ3) is 6.12. The number of nitrogens with one attached hydrogen (secondary N) is 1. The molecule has 0 spiro atoms. The summed E-state index contributed by atoms with van der Waals surface area (Å²) in [4.78, 5) is 0. The van der Waals surface area contributed by atoms with Gasteiger partial charge in [-0.1, -0.05) is 64.3 Å². The average Bonchev–Trinajstić information content (AvgIpc) is 2.71. The molecule has 0 aliphatic heterocycles. The first-order chi connectivity index (χ1) is 14.6. The van der Waals surface area contributed by atoms with Gasteiger partial charge >= 0.3 is 0 Å². The molecule has 0 saturated heterocycles. The van der Waals surface area contributed by atoms with Crippen LogP contribution in [0.2, 0.25) is 0 Å². The van der Waals surface area contributed by atoms with Crippen molar-refractivity contribution in [2.24, 2.45) is 0 Å². The fourth-order valence-corrected chi connectivity index (χ4v) is 4.55. The van der Waals surface area contributed by atoms with Crippen LogP contribution >= 0.6 is 0 Å². The summed E-state index contributed by atoms with van der Waals surface area (Å²) in [6.07, 6.45) is 3.17. The summed E-state index contributed by atoms with van der Waals surface area (Å²) >= 11 is 0. The maximum Gasteiger partial charge on any atom is 0.126 e. The number of benzene rings is 2. The second kappa shape index (κ2) is 9.76. The molecule has 3 N–H and O–H groups in total. The van der Waals surface area contributed by atoms with E-state index in [1.165, 1.54) is 29.7 Å². The lowest BCUT2D eigenvalue weighted by atomic mass is 9.74. The molecule has 170 valence electrons. The van der Waals surface area contributed by atoms with Gasteiger partial charge < -0.3 is 15.5 Å². The van der Waals surface area contributed by atoms with E-state index in [2.05, 4.69) is 50.4 Å². The van der Waals surface area contributed by atoms with Gasteiger partial charge in [0, 0.05) is 24.6 Å². The SMILES string of the molecule is CC(C)(C)c1cccc(C2(NCC(O)C(O)Cc3cc(F)cc(F)c3)CCCCC2)c1. The van der Waals surface area contributed by atoms with Crippen LogP contribution in [0.1, 0.15) is 69.6 Å². The van der Waals surface area contributed by atoms with Gasteiger partial charge in [0.05, 0.1) is 12.2 Å². The summed E-state index contributed by atoms with van der Waals surface area (Å²) < 4.78 is 26.9. The van der Waals surface area contributed by atoms with E-state index >= 15 is 0 Å². The highest BCUT2D eigenvalue weighted by Crippen LogP contribution is 2.38. The van der Waals surface area contributed by atoms with Crippen LogP contribution in [0.15, 0.2) is 42.5 Å². The first-order valence-electron chi connectivity index (χ1n) is 11.3. The summed E-state index contributed by atoms with van der Waals surface area (Å²) in [7, 11) is 0. The maximum atomic E-state index is 13.4. The van der Waals surface area contributed by atoms with E-state index in [4.69, 9.17) is 0 Å². The molecule has 2 atom stereocenters. The minimum absolute atomic E-state index is 0.00988. The topological polar surface area (TPSA) is 52.5 Å². The first kappa shape index (κ1) is 23.8. The van der Waals surface area contributed by atoms with E-state index in [0.717, 1.165) is 31.7 Å². The fraction of sp³-hybridized carbons (Fsp3) is 0.538. The van der Waals surface area contributed by atoms with E-state index in [1.54, 1.807) is 0 Å². The molecule has 3 nitrogen and oxygen atoms in total. The van der Waals surface area contributed by atoms with E-state index in [-0.39, 0.29) is 23.9 Å². The number of aliphatic hydroxyl groups is 2. The van der Waals surface area contributed by atoms with E-state index in [0.29, 0.717) is 5.56 Å². The summed E-state index contributed by atoms with van der Waals surface area (Å²) in [6.45, 7) is 6.80. The van der Waals surface area contributed by atoms with Crippen molar-refractivity contribution in [1.82, 2.24) is 5.32 Å². The molecule has 1 saturated carbocycles. The Morgan fingerprint density at radius 3 is 2.19 bits per heavy atom. The van der Waals surface area contributed by atoms with Crippen LogP contribution < -0.4 is 5.32 Å². The van der Waals surface area contributed by atoms with E-state index < -0.39 is 23.8 Å².